The Hall–Kier alpha value is -0.380. The second kappa shape index (κ2) is 4.01. The molecule has 0 spiro atoms. The summed E-state index contributed by atoms with van der Waals surface area (Å²) < 4.78 is 1.07. The first-order chi connectivity index (χ1) is 6.68. The summed E-state index contributed by atoms with van der Waals surface area (Å²) in [6.07, 6.45) is 2.47. The number of fused-ring (bicyclic) bond motifs is 1. The third kappa shape index (κ3) is 1.85. The molecule has 0 aromatic heterocycles. The van der Waals surface area contributed by atoms with Gasteiger partial charge in [-0.3, -0.25) is 0 Å². The molecule has 0 unspecified atom stereocenters. The molecule has 2 rings (SSSR count). The maximum atomic E-state index is 9.96. The molecular weight excluding hydrogens is 242 g/mol. The standard InChI is InChI=1S/C11H14BrNO/c12-8-4-5-9-7(6-8)2-1-3-10(13)11(9)14/h4-6,10-11,14H,1-3,13H2/t10-,11-/m1/s1. The van der Waals surface area contributed by atoms with Gasteiger partial charge in [-0.1, -0.05) is 22.0 Å². The van der Waals surface area contributed by atoms with Crippen LogP contribution in [0.5, 0.6) is 0 Å². The Morgan fingerprint density at radius 3 is 3.00 bits per heavy atom. The van der Waals surface area contributed by atoms with Crippen LogP contribution in [0.3, 0.4) is 0 Å². The highest BCUT2D eigenvalue weighted by molar-refractivity contribution is 9.10. The lowest BCUT2D eigenvalue weighted by atomic mass is 9.99. The highest BCUT2D eigenvalue weighted by Crippen LogP contribution is 2.29. The molecule has 0 bridgehead atoms. The van der Waals surface area contributed by atoms with Gasteiger partial charge in [-0.15, -0.1) is 0 Å². The summed E-state index contributed by atoms with van der Waals surface area (Å²) in [7, 11) is 0. The topological polar surface area (TPSA) is 46.2 Å². The SMILES string of the molecule is N[C@@H]1CCCc2cc(Br)ccc2[C@H]1O. The predicted octanol–water partition coefficient (Wildman–Crippen LogP) is 2.15. The van der Waals surface area contributed by atoms with E-state index in [1.54, 1.807) is 0 Å². The normalized spacial score (nSPS) is 26.8. The van der Waals surface area contributed by atoms with Gasteiger partial charge in [0.1, 0.15) is 0 Å². The molecule has 2 atom stereocenters. The Labute approximate surface area is 92.3 Å². The molecular formula is C11H14BrNO. The first-order valence-electron chi connectivity index (χ1n) is 4.90. The second-order valence-electron chi connectivity index (χ2n) is 3.84. The fraction of sp³-hybridized carbons (Fsp3) is 0.455. The first-order valence-corrected chi connectivity index (χ1v) is 5.70. The van der Waals surface area contributed by atoms with Crippen LogP contribution in [0.2, 0.25) is 0 Å². The van der Waals surface area contributed by atoms with Gasteiger partial charge in [0, 0.05) is 10.5 Å². The monoisotopic (exact) mass is 255 g/mol. The number of aliphatic hydroxyl groups is 1. The van der Waals surface area contributed by atoms with Gasteiger partial charge >= 0.3 is 0 Å². The van der Waals surface area contributed by atoms with Crippen LogP contribution in [0.4, 0.5) is 0 Å². The van der Waals surface area contributed by atoms with Crippen molar-refractivity contribution in [2.45, 2.75) is 31.4 Å². The molecule has 2 nitrogen and oxygen atoms in total. The highest BCUT2D eigenvalue weighted by atomic mass is 79.9. The van der Waals surface area contributed by atoms with Gasteiger partial charge in [-0.2, -0.15) is 0 Å². The molecule has 76 valence electrons. The number of aliphatic hydroxyl groups excluding tert-OH is 1. The van der Waals surface area contributed by atoms with Crippen LogP contribution < -0.4 is 5.73 Å². The molecule has 3 N–H and O–H groups in total. The number of nitrogens with two attached hydrogens (primary N) is 1. The average Bonchev–Trinajstić information content (AvgIpc) is 2.28. The van der Waals surface area contributed by atoms with Crippen LogP contribution in [0.25, 0.3) is 0 Å². The Kier molecular flexibility index (Phi) is 2.91. The molecule has 1 aromatic carbocycles. The van der Waals surface area contributed by atoms with E-state index in [9.17, 15) is 5.11 Å². The Balaban J connectivity index is 2.43. The fourth-order valence-corrected chi connectivity index (χ4v) is 2.40. The summed E-state index contributed by atoms with van der Waals surface area (Å²) in [5, 5.41) is 9.96. The van der Waals surface area contributed by atoms with Gasteiger partial charge in [0.15, 0.2) is 0 Å². The Morgan fingerprint density at radius 2 is 2.21 bits per heavy atom. The molecule has 1 aliphatic rings. The number of hydrogen-bond acceptors (Lipinski definition) is 2. The zero-order chi connectivity index (χ0) is 10.1. The molecule has 0 amide bonds. The van der Waals surface area contributed by atoms with Crippen LogP contribution in [0.15, 0.2) is 22.7 Å². The lowest BCUT2D eigenvalue weighted by molar-refractivity contribution is 0.144. The molecule has 1 aromatic rings. The van der Waals surface area contributed by atoms with Crippen molar-refractivity contribution >= 4 is 15.9 Å². The minimum absolute atomic E-state index is 0.113. The summed E-state index contributed by atoms with van der Waals surface area (Å²) in [4.78, 5) is 0. The van der Waals surface area contributed by atoms with Gasteiger partial charge < -0.3 is 10.8 Å². The van der Waals surface area contributed by atoms with Crippen molar-refractivity contribution in [1.82, 2.24) is 0 Å². The second-order valence-corrected chi connectivity index (χ2v) is 4.76. The minimum Gasteiger partial charge on any atom is -0.387 e. The van der Waals surface area contributed by atoms with E-state index in [4.69, 9.17) is 5.73 Å². The van der Waals surface area contributed by atoms with E-state index in [-0.39, 0.29) is 6.04 Å². The minimum atomic E-state index is -0.499. The van der Waals surface area contributed by atoms with Crippen molar-refractivity contribution in [2.24, 2.45) is 5.73 Å². The zero-order valence-electron chi connectivity index (χ0n) is 7.91. The van der Waals surface area contributed by atoms with E-state index >= 15 is 0 Å². The quantitative estimate of drug-likeness (QED) is 0.698. The van der Waals surface area contributed by atoms with Crippen LogP contribution >= 0.6 is 15.9 Å². The number of benzene rings is 1. The van der Waals surface area contributed by atoms with Gasteiger partial charge in [0.25, 0.3) is 0 Å². The van der Waals surface area contributed by atoms with Crippen molar-refractivity contribution in [3.8, 4) is 0 Å². The van der Waals surface area contributed by atoms with Crippen LogP contribution in [0.1, 0.15) is 30.1 Å². The molecule has 0 aliphatic heterocycles. The fourth-order valence-electron chi connectivity index (χ4n) is 2.00. The summed E-state index contributed by atoms with van der Waals surface area (Å²) >= 11 is 3.44. The van der Waals surface area contributed by atoms with E-state index < -0.39 is 6.10 Å². The van der Waals surface area contributed by atoms with Crippen molar-refractivity contribution in [3.05, 3.63) is 33.8 Å². The molecule has 0 heterocycles. The van der Waals surface area contributed by atoms with Crippen molar-refractivity contribution in [1.29, 1.82) is 0 Å². The lowest BCUT2D eigenvalue weighted by Gasteiger charge is -2.17. The zero-order valence-corrected chi connectivity index (χ0v) is 9.50. The maximum absolute atomic E-state index is 9.96. The summed E-state index contributed by atoms with van der Waals surface area (Å²) in [5.41, 5.74) is 8.09. The number of hydrogen-bond donors (Lipinski definition) is 2. The maximum Gasteiger partial charge on any atom is 0.0943 e. The first kappa shape index (κ1) is 10.1. The highest BCUT2D eigenvalue weighted by Gasteiger charge is 2.22. The molecule has 0 saturated heterocycles. The summed E-state index contributed by atoms with van der Waals surface area (Å²) in [6.45, 7) is 0. The Morgan fingerprint density at radius 1 is 1.43 bits per heavy atom. The van der Waals surface area contributed by atoms with Gasteiger partial charge in [0.2, 0.25) is 0 Å². The summed E-state index contributed by atoms with van der Waals surface area (Å²) in [6, 6.07) is 5.89. The third-order valence-electron chi connectivity index (χ3n) is 2.81. The van der Waals surface area contributed by atoms with Crippen molar-refractivity contribution in [3.63, 3.8) is 0 Å². The van der Waals surface area contributed by atoms with Crippen molar-refractivity contribution < 1.29 is 5.11 Å². The summed E-state index contributed by atoms with van der Waals surface area (Å²) in [5.74, 6) is 0. The van der Waals surface area contributed by atoms with E-state index in [2.05, 4.69) is 22.0 Å². The number of halogens is 1. The lowest BCUT2D eigenvalue weighted by Crippen LogP contribution is -2.27. The molecule has 1 aliphatic carbocycles. The van der Waals surface area contributed by atoms with Crippen LogP contribution in [-0.4, -0.2) is 11.1 Å². The largest absolute Gasteiger partial charge is 0.387 e. The molecule has 14 heavy (non-hydrogen) atoms. The van der Waals surface area contributed by atoms with Crippen molar-refractivity contribution in [2.75, 3.05) is 0 Å². The molecule has 3 heteroatoms. The average molecular weight is 256 g/mol. The van der Waals surface area contributed by atoms with Gasteiger partial charge in [-0.25, -0.2) is 0 Å². The molecule has 0 saturated carbocycles. The van der Waals surface area contributed by atoms with Gasteiger partial charge in [-0.05, 0) is 42.5 Å². The Bertz CT molecular complexity index is 340. The molecule has 0 radical (unpaired) electrons. The third-order valence-corrected chi connectivity index (χ3v) is 3.31. The van der Waals surface area contributed by atoms with Gasteiger partial charge in [0.05, 0.1) is 6.10 Å². The number of aryl methyl sites for hydroxylation is 1. The van der Waals surface area contributed by atoms with E-state index in [0.717, 1.165) is 29.3 Å². The molecule has 0 fully saturated rings. The predicted molar refractivity (Wildman–Crippen MR) is 60.0 cm³/mol. The number of rotatable bonds is 0. The van der Waals surface area contributed by atoms with Crippen LogP contribution in [-0.2, 0) is 6.42 Å². The smallest absolute Gasteiger partial charge is 0.0943 e. The van der Waals surface area contributed by atoms with E-state index in [0.29, 0.717) is 0 Å². The van der Waals surface area contributed by atoms with Crippen LogP contribution in [0, 0.1) is 0 Å². The van der Waals surface area contributed by atoms with E-state index in [1.807, 2.05) is 12.1 Å². The van der Waals surface area contributed by atoms with E-state index in [1.165, 1.54) is 5.56 Å².